The molecular formula is C16H15ClINO2. The van der Waals surface area contributed by atoms with E-state index in [2.05, 4.69) is 27.9 Å². The van der Waals surface area contributed by atoms with Crippen molar-refractivity contribution in [3.05, 3.63) is 56.6 Å². The van der Waals surface area contributed by atoms with Gasteiger partial charge in [0, 0.05) is 9.13 Å². The Balaban J connectivity index is 2.16. The summed E-state index contributed by atoms with van der Waals surface area (Å²) in [6.07, 6.45) is 0.0638. The van der Waals surface area contributed by atoms with Crippen LogP contribution in [-0.2, 0) is 0 Å². The van der Waals surface area contributed by atoms with E-state index in [1.165, 1.54) is 0 Å². The Bertz CT molecular complexity index is 658. The molecule has 0 fully saturated rings. The molecule has 0 aliphatic rings. The lowest BCUT2D eigenvalue weighted by atomic mass is 10.2. The minimum absolute atomic E-state index is 0.0638. The third-order valence-corrected chi connectivity index (χ3v) is 3.63. The molecule has 0 saturated heterocycles. The summed E-state index contributed by atoms with van der Waals surface area (Å²) in [4.78, 5) is 12.3. The molecule has 5 heteroatoms. The molecule has 2 aromatic carbocycles. The average molecular weight is 416 g/mol. The van der Waals surface area contributed by atoms with E-state index >= 15 is 0 Å². The van der Waals surface area contributed by atoms with Crippen LogP contribution in [0.1, 0.15) is 24.2 Å². The van der Waals surface area contributed by atoms with E-state index in [1.807, 2.05) is 26.0 Å². The molecule has 3 nitrogen and oxygen atoms in total. The summed E-state index contributed by atoms with van der Waals surface area (Å²) in [5.74, 6) is 0.457. The Morgan fingerprint density at radius 2 is 2.00 bits per heavy atom. The first kappa shape index (κ1) is 16.1. The van der Waals surface area contributed by atoms with Crippen LogP contribution in [0.2, 0.25) is 5.02 Å². The minimum Gasteiger partial charge on any atom is -0.491 e. The number of carbonyl (C=O) groups is 1. The molecule has 0 bridgehead atoms. The van der Waals surface area contributed by atoms with Gasteiger partial charge in [0.2, 0.25) is 0 Å². The van der Waals surface area contributed by atoms with Crippen molar-refractivity contribution in [1.29, 1.82) is 0 Å². The highest BCUT2D eigenvalue weighted by Crippen LogP contribution is 2.25. The summed E-state index contributed by atoms with van der Waals surface area (Å²) in [6.45, 7) is 3.89. The van der Waals surface area contributed by atoms with E-state index in [9.17, 15) is 4.79 Å². The first-order valence-electron chi connectivity index (χ1n) is 6.49. The van der Waals surface area contributed by atoms with Crippen molar-refractivity contribution in [3.63, 3.8) is 0 Å². The Kier molecular flexibility index (Phi) is 5.47. The molecule has 0 aliphatic carbocycles. The van der Waals surface area contributed by atoms with Crippen LogP contribution in [0.5, 0.6) is 5.75 Å². The number of nitrogens with one attached hydrogen (secondary N) is 1. The zero-order chi connectivity index (χ0) is 15.4. The molecule has 0 radical (unpaired) electrons. The maximum atomic E-state index is 12.3. The van der Waals surface area contributed by atoms with Gasteiger partial charge in [-0.05, 0) is 72.8 Å². The zero-order valence-corrected chi connectivity index (χ0v) is 14.6. The predicted octanol–water partition coefficient (Wildman–Crippen LogP) is 4.98. The van der Waals surface area contributed by atoms with E-state index in [4.69, 9.17) is 16.3 Å². The Morgan fingerprint density at radius 3 is 2.67 bits per heavy atom. The second-order valence-electron chi connectivity index (χ2n) is 4.77. The summed E-state index contributed by atoms with van der Waals surface area (Å²) in [7, 11) is 0. The molecule has 1 N–H and O–H groups in total. The second-order valence-corrected chi connectivity index (χ2v) is 6.43. The van der Waals surface area contributed by atoms with E-state index in [0.717, 1.165) is 3.57 Å². The van der Waals surface area contributed by atoms with Crippen molar-refractivity contribution < 1.29 is 9.53 Å². The van der Waals surface area contributed by atoms with Crippen LogP contribution < -0.4 is 10.1 Å². The van der Waals surface area contributed by atoms with E-state index in [0.29, 0.717) is 22.0 Å². The van der Waals surface area contributed by atoms with Crippen LogP contribution in [0, 0.1) is 3.57 Å². The van der Waals surface area contributed by atoms with Gasteiger partial charge >= 0.3 is 0 Å². The number of halogens is 2. The minimum atomic E-state index is -0.215. The van der Waals surface area contributed by atoms with Gasteiger partial charge in [0.05, 0.1) is 16.8 Å². The Hall–Kier alpha value is -1.27. The lowest BCUT2D eigenvalue weighted by Crippen LogP contribution is -2.13. The third-order valence-electron chi connectivity index (χ3n) is 2.65. The summed E-state index contributed by atoms with van der Waals surface area (Å²) in [5, 5.41) is 3.32. The molecule has 110 valence electrons. The van der Waals surface area contributed by atoms with Gasteiger partial charge in [0.25, 0.3) is 5.91 Å². The van der Waals surface area contributed by atoms with Crippen LogP contribution in [0.25, 0.3) is 0 Å². The van der Waals surface area contributed by atoms with Crippen molar-refractivity contribution in [2.45, 2.75) is 20.0 Å². The van der Waals surface area contributed by atoms with Crippen molar-refractivity contribution >= 4 is 45.8 Å². The van der Waals surface area contributed by atoms with E-state index < -0.39 is 0 Å². The maximum Gasteiger partial charge on any atom is 0.255 e. The fourth-order valence-electron chi connectivity index (χ4n) is 1.77. The van der Waals surface area contributed by atoms with Crippen LogP contribution in [0.3, 0.4) is 0 Å². The predicted molar refractivity (Wildman–Crippen MR) is 94.3 cm³/mol. The maximum absolute atomic E-state index is 12.3. The van der Waals surface area contributed by atoms with Gasteiger partial charge in [-0.25, -0.2) is 0 Å². The summed E-state index contributed by atoms with van der Waals surface area (Å²) < 4.78 is 6.60. The van der Waals surface area contributed by atoms with Crippen LogP contribution in [-0.4, -0.2) is 12.0 Å². The normalized spacial score (nSPS) is 10.5. The number of hydrogen-bond acceptors (Lipinski definition) is 2. The van der Waals surface area contributed by atoms with Crippen molar-refractivity contribution in [3.8, 4) is 5.75 Å². The lowest BCUT2D eigenvalue weighted by Gasteiger charge is -2.11. The number of rotatable bonds is 4. The van der Waals surface area contributed by atoms with Gasteiger partial charge in [0.15, 0.2) is 0 Å². The molecule has 1 amide bonds. The van der Waals surface area contributed by atoms with Crippen LogP contribution in [0.15, 0.2) is 42.5 Å². The van der Waals surface area contributed by atoms with Gasteiger partial charge in [-0.3, -0.25) is 4.79 Å². The van der Waals surface area contributed by atoms with E-state index in [1.54, 1.807) is 30.3 Å². The number of anilines is 1. The Morgan fingerprint density at radius 1 is 1.24 bits per heavy atom. The molecule has 2 rings (SSSR count). The molecule has 0 aromatic heterocycles. The number of carbonyl (C=O) groups excluding carboxylic acids is 1. The van der Waals surface area contributed by atoms with Gasteiger partial charge in [-0.2, -0.15) is 0 Å². The fourth-order valence-corrected chi connectivity index (χ4v) is 2.67. The van der Waals surface area contributed by atoms with Gasteiger partial charge in [-0.15, -0.1) is 0 Å². The molecule has 21 heavy (non-hydrogen) atoms. The molecule has 2 aromatic rings. The summed E-state index contributed by atoms with van der Waals surface area (Å²) >= 11 is 8.29. The number of amides is 1. The average Bonchev–Trinajstić information content (AvgIpc) is 2.41. The summed E-state index contributed by atoms with van der Waals surface area (Å²) in [6, 6.07) is 12.6. The lowest BCUT2D eigenvalue weighted by molar-refractivity contribution is 0.102. The summed E-state index contributed by atoms with van der Waals surface area (Å²) in [5.41, 5.74) is 1.13. The highest BCUT2D eigenvalue weighted by molar-refractivity contribution is 14.1. The molecule has 0 spiro atoms. The molecule has 0 aliphatic heterocycles. The number of ether oxygens (including phenoxy) is 1. The zero-order valence-electron chi connectivity index (χ0n) is 11.7. The monoisotopic (exact) mass is 415 g/mol. The smallest absolute Gasteiger partial charge is 0.255 e. The molecule has 0 saturated carbocycles. The highest BCUT2D eigenvalue weighted by Gasteiger charge is 2.10. The molecular weight excluding hydrogens is 401 g/mol. The van der Waals surface area contributed by atoms with Crippen LogP contribution >= 0.6 is 34.2 Å². The highest BCUT2D eigenvalue weighted by atomic mass is 127. The third kappa shape index (κ3) is 4.61. The molecule has 0 heterocycles. The largest absolute Gasteiger partial charge is 0.491 e. The SMILES string of the molecule is CC(C)Oc1cccc(C(=O)Nc2ccc(I)cc2Cl)c1. The van der Waals surface area contributed by atoms with Crippen molar-refractivity contribution in [2.75, 3.05) is 5.32 Å². The standard InChI is InChI=1S/C16H15ClINO2/c1-10(2)21-13-5-3-4-11(8-13)16(20)19-15-7-6-12(18)9-14(15)17/h3-10H,1-2H3,(H,19,20). The molecule has 0 unspecified atom stereocenters. The first-order valence-corrected chi connectivity index (χ1v) is 7.94. The first-order chi connectivity index (χ1) is 9.95. The van der Waals surface area contributed by atoms with Crippen molar-refractivity contribution in [2.24, 2.45) is 0 Å². The van der Waals surface area contributed by atoms with Crippen LogP contribution in [0.4, 0.5) is 5.69 Å². The second kappa shape index (κ2) is 7.13. The number of hydrogen-bond donors (Lipinski definition) is 1. The molecule has 0 atom stereocenters. The fraction of sp³-hybridized carbons (Fsp3) is 0.188. The van der Waals surface area contributed by atoms with E-state index in [-0.39, 0.29) is 12.0 Å². The van der Waals surface area contributed by atoms with Gasteiger partial charge < -0.3 is 10.1 Å². The van der Waals surface area contributed by atoms with Gasteiger partial charge in [-0.1, -0.05) is 17.7 Å². The topological polar surface area (TPSA) is 38.3 Å². The van der Waals surface area contributed by atoms with Gasteiger partial charge in [0.1, 0.15) is 5.75 Å². The quantitative estimate of drug-likeness (QED) is 0.715. The number of benzene rings is 2. The van der Waals surface area contributed by atoms with Crippen molar-refractivity contribution in [1.82, 2.24) is 0 Å². The Labute approximate surface area is 142 Å².